The molecular formula is C16H14Cl2N2O. The number of nitrogens with zero attached hydrogens (tertiary/aromatic N) is 2. The Labute approximate surface area is 133 Å². The van der Waals surface area contributed by atoms with Gasteiger partial charge >= 0.3 is 0 Å². The zero-order chi connectivity index (χ0) is 15.4. The Morgan fingerprint density at radius 1 is 1.14 bits per heavy atom. The molecular weight excluding hydrogens is 307 g/mol. The SMILES string of the molecule is CN(C)/C=C(/C(=O)c1ccc(Cl)cc1Cl)c1ccncc1. The number of rotatable bonds is 4. The van der Waals surface area contributed by atoms with Crippen molar-refractivity contribution in [3.8, 4) is 0 Å². The molecule has 0 saturated carbocycles. The third-order valence-corrected chi connectivity index (χ3v) is 3.35. The molecule has 0 radical (unpaired) electrons. The lowest BCUT2D eigenvalue weighted by atomic mass is 9.98. The summed E-state index contributed by atoms with van der Waals surface area (Å²) in [6.07, 6.45) is 5.06. The molecule has 5 heteroatoms. The van der Waals surface area contributed by atoms with Crippen LogP contribution >= 0.6 is 23.2 Å². The fourth-order valence-electron chi connectivity index (χ4n) is 1.87. The summed E-state index contributed by atoms with van der Waals surface area (Å²) < 4.78 is 0. The Kier molecular flexibility index (Phi) is 4.99. The molecule has 1 aromatic heterocycles. The highest BCUT2D eigenvalue weighted by Crippen LogP contribution is 2.27. The number of hydrogen-bond acceptors (Lipinski definition) is 3. The van der Waals surface area contributed by atoms with E-state index in [2.05, 4.69) is 4.98 Å². The summed E-state index contributed by atoms with van der Waals surface area (Å²) >= 11 is 12.0. The van der Waals surface area contributed by atoms with Crippen LogP contribution in [-0.4, -0.2) is 29.8 Å². The van der Waals surface area contributed by atoms with Crippen LogP contribution in [-0.2, 0) is 0 Å². The van der Waals surface area contributed by atoms with Crippen LogP contribution in [0.5, 0.6) is 0 Å². The molecule has 0 aliphatic heterocycles. The van der Waals surface area contributed by atoms with Gasteiger partial charge in [0.15, 0.2) is 5.78 Å². The van der Waals surface area contributed by atoms with Crippen molar-refractivity contribution in [3.05, 3.63) is 70.1 Å². The number of halogens is 2. The Balaban J connectivity index is 2.49. The second-order valence-electron chi connectivity index (χ2n) is 4.70. The predicted octanol–water partition coefficient (Wildman–Crippen LogP) is 4.17. The molecule has 2 rings (SSSR count). The molecule has 0 spiro atoms. The molecule has 0 saturated heterocycles. The highest BCUT2D eigenvalue weighted by Gasteiger charge is 2.17. The van der Waals surface area contributed by atoms with Crippen molar-refractivity contribution in [2.24, 2.45) is 0 Å². The number of hydrogen-bond donors (Lipinski definition) is 0. The summed E-state index contributed by atoms with van der Waals surface area (Å²) in [6, 6.07) is 8.43. The minimum atomic E-state index is -0.156. The first-order valence-corrected chi connectivity index (χ1v) is 7.03. The van der Waals surface area contributed by atoms with Crippen LogP contribution in [0, 0.1) is 0 Å². The summed E-state index contributed by atoms with van der Waals surface area (Å²) in [4.78, 5) is 18.6. The van der Waals surface area contributed by atoms with Gasteiger partial charge in [-0.25, -0.2) is 0 Å². The lowest BCUT2D eigenvalue weighted by Gasteiger charge is -2.12. The fraction of sp³-hybridized carbons (Fsp3) is 0.125. The molecule has 1 heterocycles. The van der Waals surface area contributed by atoms with Crippen LogP contribution in [0.3, 0.4) is 0 Å². The van der Waals surface area contributed by atoms with Gasteiger partial charge in [-0.3, -0.25) is 9.78 Å². The Hall–Kier alpha value is -1.84. The van der Waals surface area contributed by atoms with Crippen molar-refractivity contribution in [1.82, 2.24) is 9.88 Å². The maximum Gasteiger partial charge on any atom is 0.196 e. The van der Waals surface area contributed by atoms with Gasteiger partial charge in [0, 0.05) is 48.8 Å². The topological polar surface area (TPSA) is 33.2 Å². The zero-order valence-electron chi connectivity index (χ0n) is 11.7. The number of Topliss-reactive ketones (excluding diaryl/α,β-unsaturated/α-hetero) is 1. The summed E-state index contributed by atoms with van der Waals surface area (Å²) in [6.45, 7) is 0. The normalized spacial score (nSPS) is 11.3. The Morgan fingerprint density at radius 3 is 2.38 bits per heavy atom. The van der Waals surface area contributed by atoms with Gasteiger partial charge in [0.05, 0.1) is 5.02 Å². The Bertz CT molecular complexity index is 682. The van der Waals surface area contributed by atoms with Crippen LogP contribution in [0.25, 0.3) is 5.57 Å². The molecule has 0 amide bonds. The zero-order valence-corrected chi connectivity index (χ0v) is 13.2. The van der Waals surface area contributed by atoms with Crippen LogP contribution < -0.4 is 0 Å². The van der Waals surface area contributed by atoms with Crippen LogP contribution in [0.15, 0.2) is 48.9 Å². The minimum Gasteiger partial charge on any atom is -0.383 e. The fourth-order valence-corrected chi connectivity index (χ4v) is 2.37. The maximum absolute atomic E-state index is 12.8. The first kappa shape index (κ1) is 15.5. The maximum atomic E-state index is 12.8. The van der Waals surface area contributed by atoms with Gasteiger partial charge in [-0.15, -0.1) is 0 Å². The summed E-state index contributed by atoms with van der Waals surface area (Å²) in [7, 11) is 3.72. The number of carbonyl (C=O) groups is 1. The van der Waals surface area contributed by atoms with Crippen molar-refractivity contribution >= 4 is 34.6 Å². The first-order chi connectivity index (χ1) is 9.99. The molecule has 0 fully saturated rings. The molecule has 0 aliphatic rings. The number of aromatic nitrogens is 1. The van der Waals surface area contributed by atoms with E-state index in [0.29, 0.717) is 21.2 Å². The molecule has 0 atom stereocenters. The molecule has 0 bridgehead atoms. The number of allylic oxidation sites excluding steroid dienone is 1. The quantitative estimate of drug-likeness (QED) is 0.626. The number of carbonyl (C=O) groups excluding carboxylic acids is 1. The average molecular weight is 321 g/mol. The van der Waals surface area contributed by atoms with E-state index in [4.69, 9.17) is 23.2 Å². The van der Waals surface area contributed by atoms with E-state index in [-0.39, 0.29) is 5.78 Å². The van der Waals surface area contributed by atoms with Gasteiger partial charge in [-0.05, 0) is 35.9 Å². The molecule has 3 nitrogen and oxygen atoms in total. The van der Waals surface area contributed by atoms with Crippen molar-refractivity contribution in [1.29, 1.82) is 0 Å². The number of ketones is 1. The van der Waals surface area contributed by atoms with Crippen molar-refractivity contribution < 1.29 is 4.79 Å². The van der Waals surface area contributed by atoms with Crippen LogP contribution in [0.1, 0.15) is 15.9 Å². The van der Waals surface area contributed by atoms with Crippen LogP contribution in [0.4, 0.5) is 0 Å². The third kappa shape index (κ3) is 3.84. The Morgan fingerprint density at radius 2 is 1.81 bits per heavy atom. The molecule has 0 unspecified atom stereocenters. The van der Waals surface area contributed by atoms with Crippen molar-refractivity contribution in [2.75, 3.05) is 14.1 Å². The summed E-state index contributed by atoms with van der Waals surface area (Å²) in [5.74, 6) is -0.156. The standard InChI is InChI=1S/C16H14Cl2N2O/c1-20(2)10-14(11-5-7-19-8-6-11)16(21)13-4-3-12(17)9-15(13)18/h3-10H,1-2H3/b14-10+. The van der Waals surface area contributed by atoms with E-state index in [0.717, 1.165) is 5.56 Å². The van der Waals surface area contributed by atoms with E-state index in [1.54, 1.807) is 48.9 Å². The van der Waals surface area contributed by atoms with Gasteiger partial charge < -0.3 is 4.90 Å². The summed E-state index contributed by atoms with van der Waals surface area (Å²) in [5.41, 5.74) is 1.76. The smallest absolute Gasteiger partial charge is 0.196 e. The summed E-state index contributed by atoms with van der Waals surface area (Å²) in [5, 5.41) is 0.838. The largest absolute Gasteiger partial charge is 0.383 e. The van der Waals surface area contributed by atoms with Crippen molar-refractivity contribution in [3.63, 3.8) is 0 Å². The molecule has 0 N–H and O–H groups in total. The number of benzene rings is 1. The van der Waals surface area contributed by atoms with Gasteiger partial charge in [-0.1, -0.05) is 23.2 Å². The van der Waals surface area contributed by atoms with E-state index < -0.39 is 0 Å². The lowest BCUT2D eigenvalue weighted by Crippen LogP contribution is -2.10. The van der Waals surface area contributed by atoms with Gasteiger partial charge in [-0.2, -0.15) is 0 Å². The number of pyridine rings is 1. The molecule has 0 aliphatic carbocycles. The van der Waals surface area contributed by atoms with E-state index in [9.17, 15) is 4.79 Å². The van der Waals surface area contributed by atoms with Gasteiger partial charge in [0.2, 0.25) is 0 Å². The first-order valence-electron chi connectivity index (χ1n) is 6.27. The van der Waals surface area contributed by atoms with E-state index >= 15 is 0 Å². The molecule has 1 aromatic carbocycles. The highest BCUT2D eigenvalue weighted by atomic mass is 35.5. The third-order valence-electron chi connectivity index (χ3n) is 2.80. The molecule has 2 aromatic rings. The second-order valence-corrected chi connectivity index (χ2v) is 5.54. The second kappa shape index (κ2) is 6.74. The van der Waals surface area contributed by atoms with E-state index in [1.807, 2.05) is 19.0 Å². The lowest BCUT2D eigenvalue weighted by molar-refractivity contribution is 0.105. The molecule has 21 heavy (non-hydrogen) atoms. The highest BCUT2D eigenvalue weighted by molar-refractivity contribution is 6.40. The van der Waals surface area contributed by atoms with Gasteiger partial charge in [0.25, 0.3) is 0 Å². The van der Waals surface area contributed by atoms with Gasteiger partial charge in [0.1, 0.15) is 0 Å². The van der Waals surface area contributed by atoms with E-state index in [1.165, 1.54) is 0 Å². The van der Waals surface area contributed by atoms with Crippen molar-refractivity contribution in [2.45, 2.75) is 0 Å². The average Bonchev–Trinajstić information content (AvgIpc) is 2.45. The molecule has 108 valence electrons. The van der Waals surface area contributed by atoms with Crippen LogP contribution in [0.2, 0.25) is 10.0 Å². The predicted molar refractivity (Wildman–Crippen MR) is 86.7 cm³/mol. The minimum absolute atomic E-state index is 0.156. The monoisotopic (exact) mass is 320 g/mol.